The van der Waals surface area contributed by atoms with E-state index in [1.54, 1.807) is 7.11 Å². The number of methoxy groups -OCH3 is 1. The average molecular weight is 284 g/mol. The van der Waals surface area contributed by atoms with Crippen LogP contribution in [-0.2, 0) is 4.74 Å². The molecule has 106 valence electrons. The van der Waals surface area contributed by atoms with Crippen LogP contribution in [0.3, 0.4) is 0 Å². The minimum atomic E-state index is -0.0494. The van der Waals surface area contributed by atoms with Crippen LogP contribution in [0.15, 0.2) is 12.1 Å². The molecule has 0 aromatic heterocycles. The van der Waals surface area contributed by atoms with E-state index in [0.717, 1.165) is 49.7 Å². The van der Waals surface area contributed by atoms with Gasteiger partial charge in [-0.15, -0.1) is 11.6 Å². The van der Waals surface area contributed by atoms with E-state index in [9.17, 15) is 0 Å². The van der Waals surface area contributed by atoms with E-state index in [-0.39, 0.29) is 5.38 Å². The number of morpholine rings is 1. The highest BCUT2D eigenvalue weighted by atomic mass is 35.5. The normalized spacial score (nSPS) is 18.3. The molecule has 1 unspecified atom stereocenters. The molecule has 0 spiro atoms. The third-order valence-electron chi connectivity index (χ3n) is 3.51. The monoisotopic (exact) mass is 283 g/mol. The SMILES string of the molecule is COc1c(C)cc(C)cc1C(Cl)CN1CCOCC1. The maximum atomic E-state index is 6.60. The molecular formula is C15H22ClNO2. The van der Waals surface area contributed by atoms with Crippen LogP contribution in [-0.4, -0.2) is 44.9 Å². The second-order valence-corrected chi connectivity index (χ2v) is 5.61. The van der Waals surface area contributed by atoms with Crippen LogP contribution in [0, 0.1) is 13.8 Å². The van der Waals surface area contributed by atoms with Gasteiger partial charge in [-0.3, -0.25) is 4.90 Å². The third-order valence-corrected chi connectivity index (χ3v) is 3.88. The molecule has 0 radical (unpaired) electrons. The fourth-order valence-electron chi connectivity index (χ4n) is 2.61. The second kappa shape index (κ2) is 6.60. The van der Waals surface area contributed by atoms with Crippen molar-refractivity contribution in [3.8, 4) is 5.75 Å². The fourth-order valence-corrected chi connectivity index (χ4v) is 2.96. The van der Waals surface area contributed by atoms with Gasteiger partial charge in [0, 0.05) is 25.2 Å². The summed E-state index contributed by atoms with van der Waals surface area (Å²) in [6.07, 6.45) is 0. The lowest BCUT2D eigenvalue weighted by atomic mass is 10.0. The maximum absolute atomic E-state index is 6.60. The fraction of sp³-hybridized carbons (Fsp3) is 0.600. The van der Waals surface area contributed by atoms with Gasteiger partial charge < -0.3 is 9.47 Å². The zero-order valence-electron chi connectivity index (χ0n) is 11.9. The number of rotatable bonds is 4. The van der Waals surface area contributed by atoms with E-state index in [1.807, 2.05) is 0 Å². The van der Waals surface area contributed by atoms with Crippen LogP contribution in [0.2, 0.25) is 0 Å². The van der Waals surface area contributed by atoms with Crippen molar-refractivity contribution in [3.05, 3.63) is 28.8 Å². The topological polar surface area (TPSA) is 21.7 Å². The molecule has 1 fully saturated rings. The van der Waals surface area contributed by atoms with Crippen LogP contribution < -0.4 is 4.74 Å². The Morgan fingerprint density at radius 1 is 1.32 bits per heavy atom. The van der Waals surface area contributed by atoms with Gasteiger partial charge in [0.15, 0.2) is 0 Å². The molecular weight excluding hydrogens is 262 g/mol. The highest BCUT2D eigenvalue weighted by Gasteiger charge is 2.20. The summed E-state index contributed by atoms with van der Waals surface area (Å²) in [4.78, 5) is 2.35. The van der Waals surface area contributed by atoms with Crippen LogP contribution in [0.1, 0.15) is 22.1 Å². The Labute approximate surface area is 120 Å². The van der Waals surface area contributed by atoms with Crippen molar-refractivity contribution in [2.75, 3.05) is 40.0 Å². The molecule has 0 aliphatic carbocycles. The number of alkyl halides is 1. The number of halogens is 1. The number of ether oxygens (including phenoxy) is 2. The van der Waals surface area contributed by atoms with E-state index in [2.05, 4.69) is 30.9 Å². The van der Waals surface area contributed by atoms with Gasteiger partial charge in [0.1, 0.15) is 5.75 Å². The van der Waals surface area contributed by atoms with Gasteiger partial charge in [-0.25, -0.2) is 0 Å². The van der Waals surface area contributed by atoms with Gasteiger partial charge in [0.2, 0.25) is 0 Å². The van der Waals surface area contributed by atoms with Gasteiger partial charge in [0.05, 0.1) is 25.7 Å². The second-order valence-electron chi connectivity index (χ2n) is 5.08. The number of aryl methyl sites for hydroxylation is 2. The molecule has 0 bridgehead atoms. The molecule has 1 heterocycles. The third kappa shape index (κ3) is 3.62. The molecule has 2 rings (SSSR count). The quantitative estimate of drug-likeness (QED) is 0.793. The summed E-state index contributed by atoms with van der Waals surface area (Å²) in [6, 6.07) is 4.25. The van der Waals surface area contributed by atoms with Crippen molar-refractivity contribution in [3.63, 3.8) is 0 Å². The highest BCUT2D eigenvalue weighted by molar-refractivity contribution is 6.21. The molecule has 0 saturated carbocycles. The summed E-state index contributed by atoms with van der Waals surface area (Å²) >= 11 is 6.60. The Kier molecular flexibility index (Phi) is 5.08. The van der Waals surface area contributed by atoms with Crippen molar-refractivity contribution in [1.29, 1.82) is 0 Å². The van der Waals surface area contributed by atoms with Crippen LogP contribution in [0.5, 0.6) is 5.75 Å². The molecule has 3 nitrogen and oxygen atoms in total. The average Bonchev–Trinajstić information content (AvgIpc) is 2.39. The predicted octanol–water partition coefficient (Wildman–Crippen LogP) is 2.92. The van der Waals surface area contributed by atoms with Gasteiger partial charge in [0.25, 0.3) is 0 Å². The Morgan fingerprint density at radius 2 is 2.00 bits per heavy atom. The Bertz CT molecular complexity index is 430. The summed E-state index contributed by atoms with van der Waals surface area (Å²) in [7, 11) is 1.71. The van der Waals surface area contributed by atoms with Gasteiger partial charge >= 0.3 is 0 Å². The summed E-state index contributed by atoms with van der Waals surface area (Å²) < 4.78 is 10.9. The standard InChI is InChI=1S/C15H22ClNO2/c1-11-8-12(2)15(18-3)13(9-11)14(16)10-17-4-6-19-7-5-17/h8-9,14H,4-7,10H2,1-3H3. The van der Waals surface area contributed by atoms with Crippen LogP contribution in [0.25, 0.3) is 0 Å². The number of benzene rings is 1. The minimum Gasteiger partial charge on any atom is -0.496 e. The lowest BCUT2D eigenvalue weighted by molar-refractivity contribution is 0.0378. The van der Waals surface area contributed by atoms with Crippen molar-refractivity contribution < 1.29 is 9.47 Å². The largest absolute Gasteiger partial charge is 0.496 e. The summed E-state index contributed by atoms with van der Waals surface area (Å²) in [5.41, 5.74) is 3.46. The van der Waals surface area contributed by atoms with Crippen LogP contribution in [0.4, 0.5) is 0 Å². The Balaban J connectivity index is 2.15. The first-order valence-electron chi connectivity index (χ1n) is 6.71. The first-order chi connectivity index (χ1) is 9.11. The van der Waals surface area contributed by atoms with E-state index in [4.69, 9.17) is 21.1 Å². The molecule has 1 aliphatic rings. The zero-order valence-corrected chi connectivity index (χ0v) is 12.7. The molecule has 4 heteroatoms. The van der Waals surface area contributed by atoms with Crippen molar-refractivity contribution >= 4 is 11.6 Å². The van der Waals surface area contributed by atoms with Crippen molar-refractivity contribution in [2.45, 2.75) is 19.2 Å². The molecule has 1 aromatic carbocycles. The lowest BCUT2D eigenvalue weighted by Crippen LogP contribution is -2.38. The zero-order chi connectivity index (χ0) is 13.8. The summed E-state index contributed by atoms with van der Waals surface area (Å²) in [5, 5.41) is -0.0494. The first-order valence-corrected chi connectivity index (χ1v) is 7.14. The molecule has 0 amide bonds. The smallest absolute Gasteiger partial charge is 0.126 e. The van der Waals surface area contributed by atoms with Gasteiger partial charge in [-0.1, -0.05) is 17.7 Å². The summed E-state index contributed by atoms with van der Waals surface area (Å²) in [6.45, 7) is 8.50. The number of hydrogen-bond donors (Lipinski definition) is 0. The predicted molar refractivity (Wildman–Crippen MR) is 78.3 cm³/mol. The number of hydrogen-bond acceptors (Lipinski definition) is 3. The molecule has 0 N–H and O–H groups in total. The lowest BCUT2D eigenvalue weighted by Gasteiger charge is -2.29. The molecule has 1 aliphatic heterocycles. The van der Waals surface area contributed by atoms with E-state index >= 15 is 0 Å². The Hall–Kier alpha value is -0.770. The van der Waals surface area contributed by atoms with Gasteiger partial charge in [-0.05, 0) is 19.4 Å². The first kappa shape index (κ1) is 14.6. The van der Waals surface area contributed by atoms with Crippen molar-refractivity contribution in [1.82, 2.24) is 4.90 Å². The molecule has 1 saturated heterocycles. The molecule has 1 atom stereocenters. The van der Waals surface area contributed by atoms with E-state index in [1.165, 1.54) is 5.56 Å². The minimum absolute atomic E-state index is 0.0494. The van der Waals surface area contributed by atoms with Crippen LogP contribution >= 0.6 is 11.6 Å². The summed E-state index contributed by atoms with van der Waals surface area (Å²) in [5.74, 6) is 0.916. The molecule has 19 heavy (non-hydrogen) atoms. The van der Waals surface area contributed by atoms with E-state index < -0.39 is 0 Å². The van der Waals surface area contributed by atoms with Crippen molar-refractivity contribution in [2.24, 2.45) is 0 Å². The van der Waals surface area contributed by atoms with Gasteiger partial charge in [-0.2, -0.15) is 0 Å². The van der Waals surface area contributed by atoms with E-state index in [0.29, 0.717) is 0 Å². The highest BCUT2D eigenvalue weighted by Crippen LogP contribution is 2.34. The number of nitrogens with zero attached hydrogens (tertiary/aromatic N) is 1. The molecule has 1 aromatic rings. The maximum Gasteiger partial charge on any atom is 0.126 e. The Morgan fingerprint density at radius 3 is 2.63 bits per heavy atom.